The van der Waals surface area contributed by atoms with Crippen LogP contribution < -0.4 is 5.32 Å². The first-order chi connectivity index (χ1) is 10.7. The number of hydrogen-bond acceptors (Lipinski definition) is 6. The molecule has 114 valence electrons. The molecule has 2 atom stereocenters. The zero-order valence-corrected chi connectivity index (χ0v) is 12.6. The van der Waals surface area contributed by atoms with Gasteiger partial charge in [-0.1, -0.05) is 0 Å². The van der Waals surface area contributed by atoms with E-state index >= 15 is 0 Å². The molecule has 0 bridgehead atoms. The SMILES string of the molecule is Cc1nc([C@H]2OCC[C@H]2CNc2ccc(C#N)c(C)n2)n[nH]1. The summed E-state index contributed by atoms with van der Waals surface area (Å²) in [7, 11) is 0. The van der Waals surface area contributed by atoms with E-state index in [1.165, 1.54) is 0 Å². The van der Waals surface area contributed by atoms with Gasteiger partial charge in [-0.3, -0.25) is 5.10 Å². The van der Waals surface area contributed by atoms with Crippen LogP contribution in [0.15, 0.2) is 12.1 Å². The number of anilines is 1. The van der Waals surface area contributed by atoms with Crippen molar-refractivity contribution in [3.05, 3.63) is 35.0 Å². The lowest BCUT2D eigenvalue weighted by atomic mass is 10.0. The Bertz CT molecular complexity index is 704. The zero-order chi connectivity index (χ0) is 15.5. The molecule has 22 heavy (non-hydrogen) atoms. The summed E-state index contributed by atoms with van der Waals surface area (Å²) in [6.45, 7) is 5.16. The number of hydrogen-bond donors (Lipinski definition) is 2. The minimum absolute atomic E-state index is 0.0862. The molecule has 2 N–H and O–H groups in total. The summed E-state index contributed by atoms with van der Waals surface area (Å²) >= 11 is 0. The number of H-pyrrole nitrogens is 1. The predicted octanol–water partition coefficient (Wildman–Crippen LogP) is 1.88. The minimum Gasteiger partial charge on any atom is -0.370 e. The molecule has 7 heteroatoms. The number of aryl methyl sites for hydroxylation is 2. The molecule has 3 rings (SSSR count). The van der Waals surface area contributed by atoms with Crippen molar-refractivity contribution in [3.63, 3.8) is 0 Å². The average molecular weight is 298 g/mol. The van der Waals surface area contributed by atoms with Crippen molar-refractivity contribution >= 4 is 5.82 Å². The molecule has 0 radical (unpaired) electrons. The van der Waals surface area contributed by atoms with E-state index in [1.807, 2.05) is 19.9 Å². The fourth-order valence-corrected chi connectivity index (χ4v) is 2.63. The van der Waals surface area contributed by atoms with Crippen LogP contribution >= 0.6 is 0 Å². The van der Waals surface area contributed by atoms with Crippen LogP contribution in [-0.2, 0) is 4.74 Å². The second-order valence-electron chi connectivity index (χ2n) is 5.44. The largest absolute Gasteiger partial charge is 0.370 e. The predicted molar refractivity (Wildman–Crippen MR) is 80.1 cm³/mol. The molecule has 2 aromatic heterocycles. The maximum Gasteiger partial charge on any atom is 0.179 e. The topological polar surface area (TPSA) is 99.5 Å². The number of ether oxygens (including phenoxy) is 1. The third-order valence-electron chi connectivity index (χ3n) is 3.83. The van der Waals surface area contributed by atoms with Crippen LogP contribution in [0.5, 0.6) is 0 Å². The van der Waals surface area contributed by atoms with Crippen molar-refractivity contribution in [2.45, 2.75) is 26.4 Å². The van der Waals surface area contributed by atoms with Gasteiger partial charge in [-0.2, -0.15) is 10.4 Å². The number of nitrogens with one attached hydrogen (secondary N) is 2. The Hall–Kier alpha value is -2.46. The molecule has 0 aromatic carbocycles. The van der Waals surface area contributed by atoms with E-state index in [0.717, 1.165) is 30.3 Å². The molecule has 7 nitrogen and oxygen atoms in total. The molecule has 1 saturated heterocycles. The highest BCUT2D eigenvalue weighted by Crippen LogP contribution is 2.32. The Morgan fingerprint density at radius 2 is 2.27 bits per heavy atom. The average Bonchev–Trinajstić information content (AvgIpc) is 3.13. The van der Waals surface area contributed by atoms with Crippen molar-refractivity contribution in [3.8, 4) is 6.07 Å². The highest BCUT2D eigenvalue weighted by atomic mass is 16.5. The summed E-state index contributed by atoms with van der Waals surface area (Å²) in [5.41, 5.74) is 1.33. The van der Waals surface area contributed by atoms with Crippen LogP contribution in [0.3, 0.4) is 0 Å². The summed E-state index contributed by atoms with van der Waals surface area (Å²) in [4.78, 5) is 8.76. The molecule has 1 aliphatic rings. The molecular formula is C15H18N6O. The van der Waals surface area contributed by atoms with Crippen LogP contribution in [-0.4, -0.2) is 33.3 Å². The van der Waals surface area contributed by atoms with Crippen molar-refractivity contribution in [2.24, 2.45) is 5.92 Å². The van der Waals surface area contributed by atoms with E-state index in [1.54, 1.807) is 6.07 Å². The van der Waals surface area contributed by atoms with E-state index in [4.69, 9.17) is 10.00 Å². The van der Waals surface area contributed by atoms with Gasteiger partial charge in [0, 0.05) is 19.1 Å². The number of aromatic nitrogens is 4. The van der Waals surface area contributed by atoms with Crippen molar-refractivity contribution in [2.75, 3.05) is 18.5 Å². The molecule has 2 aromatic rings. The number of aromatic amines is 1. The molecule has 0 spiro atoms. The molecule has 0 aliphatic carbocycles. The summed E-state index contributed by atoms with van der Waals surface area (Å²) < 4.78 is 5.77. The lowest BCUT2D eigenvalue weighted by molar-refractivity contribution is 0.0863. The smallest absolute Gasteiger partial charge is 0.179 e. The standard InChI is InChI=1S/C15H18N6O/c1-9-11(7-16)3-4-13(18-9)17-8-12-5-6-22-14(12)15-19-10(2)20-21-15/h3-4,12,14H,5-6,8H2,1-2H3,(H,17,18)(H,19,20,21)/t12-,14-/m0/s1. The third-order valence-corrected chi connectivity index (χ3v) is 3.83. The highest BCUT2D eigenvalue weighted by molar-refractivity contribution is 5.43. The summed E-state index contributed by atoms with van der Waals surface area (Å²) in [5.74, 6) is 2.58. The monoisotopic (exact) mass is 298 g/mol. The normalized spacial score (nSPS) is 20.8. The second-order valence-corrected chi connectivity index (χ2v) is 5.44. The molecule has 0 amide bonds. The van der Waals surface area contributed by atoms with E-state index in [-0.39, 0.29) is 6.10 Å². The Balaban J connectivity index is 1.65. The van der Waals surface area contributed by atoms with Crippen LogP contribution in [0.2, 0.25) is 0 Å². The van der Waals surface area contributed by atoms with Gasteiger partial charge in [0.1, 0.15) is 23.8 Å². The minimum atomic E-state index is -0.0862. The van der Waals surface area contributed by atoms with Crippen LogP contribution in [0, 0.1) is 31.1 Å². The number of nitriles is 1. The quantitative estimate of drug-likeness (QED) is 0.894. The number of pyridine rings is 1. The van der Waals surface area contributed by atoms with Gasteiger partial charge in [-0.05, 0) is 32.4 Å². The van der Waals surface area contributed by atoms with Crippen molar-refractivity contribution in [1.82, 2.24) is 20.2 Å². The van der Waals surface area contributed by atoms with E-state index in [2.05, 4.69) is 31.6 Å². The van der Waals surface area contributed by atoms with Gasteiger partial charge < -0.3 is 10.1 Å². The van der Waals surface area contributed by atoms with Gasteiger partial charge in [0.25, 0.3) is 0 Å². The van der Waals surface area contributed by atoms with Crippen LogP contribution in [0.25, 0.3) is 0 Å². The van der Waals surface area contributed by atoms with Gasteiger partial charge in [-0.15, -0.1) is 0 Å². The highest BCUT2D eigenvalue weighted by Gasteiger charge is 2.32. The summed E-state index contributed by atoms with van der Waals surface area (Å²) in [6.07, 6.45) is 0.873. The fraction of sp³-hybridized carbons (Fsp3) is 0.467. The first-order valence-corrected chi connectivity index (χ1v) is 7.29. The fourth-order valence-electron chi connectivity index (χ4n) is 2.63. The lowest BCUT2D eigenvalue weighted by Crippen LogP contribution is -2.19. The molecule has 0 saturated carbocycles. The van der Waals surface area contributed by atoms with Gasteiger partial charge in [0.2, 0.25) is 0 Å². The molecular weight excluding hydrogens is 280 g/mol. The molecule has 1 fully saturated rings. The number of nitrogens with zero attached hydrogens (tertiary/aromatic N) is 4. The van der Waals surface area contributed by atoms with Gasteiger partial charge in [0.05, 0.1) is 11.3 Å². The Morgan fingerprint density at radius 3 is 2.95 bits per heavy atom. The van der Waals surface area contributed by atoms with Crippen LogP contribution in [0.4, 0.5) is 5.82 Å². The molecule has 3 heterocycles. The number of rotatable bonds is 4. The van der Waals surface area contributed by atoms with Crippen LogP contribution in [0.1, 0.15) is 35.4 Å². The summed E-state index contributed by atoms with van der Waals surface area (Å²) in [6, 6.07) is 5.73. The maximum absolute atomic E-state index is 8.93. The van der Waals surface area contributed by atoms with Crippen molar-refractivity contribution in [1.29, 1.82) is 5.26 Å². The van der Waals surface area contributed by atoms with Gasteiger partial charge >= 0.3 is 0 Å². The van der Waals surface area contributed by atoms with Gasteiger partial charge in [0.15, 0.2) is 5.82 Å². The van der Waals surface area contributed by atoms with E-state index in [0.29, 0.717) is 23.9 Å². The lowest BCUT2D eigenvalue weighted by Gasteiger charge is -2.16. The van der Waals surface area contributed by atoms with Gasteiger partial charge in [-0.25, -0.2) is 9.97 Å². The Kier molecular flexibility index (Phi) is 4.02. The first-order valence-electron chi connectivity index (χ1n) is 7.29. The second kappa shape index (κ2) is 6.12. The maximum atomic E-state index is 8.93. The summed E-state index contributed by atoms with van der Waals surface area (Å²) in [5, 5.41) is 19.3. The Morgan fingerprint density at radius 1 is 1.41 bits per heavy atom. The zero-order valence-electron chi connectivity index (χ0n) is 12.6. The Labute approximate surface area is 128 Å². The molecule has 1 aliphatic heterocycles. The van der Waals surface area contributed by atoms with E-state index < -0.39 is 0 Å². The first kappa shape index (κ1) is 14.5. The molecule has 0 unspecified atom stereocenters. The third kappa shape index (κ3) is 2.92. The van der Waals surface area contributed by atoms with Crippen molar-refractivity contribution < 1.29 is 4.74 Å². The van der Waals surface area contributed by atoms with E-state index in [9.17, 15) is 0 Å².